The molecule has 0 fully saturated rings. The molecule has 6 heteroatoms. The van der Waals surface area contributed by atoms with Gasteiger partial charge < -0.3 is 9.88 Å². The van der Waals surface area contributed by atoms with Crippen LogP contribution in [0.15, 0.2) is 30.9 Å². The molecule has 3 rings (SSSR count). The summed E-state index contributed by atoms with van der Waals surface area (Å²) in [7, 11) is 1.99. The first-order chi connectivity index (χ1) is 10.1. The smallest absolute Gasteiger partial charge is 0.158 e. The van der Waals surface area contributed by atoms with Crippen LogP contribution < -0.4 is 5.32 Å². The molecule has 0 aliphatic carbocycles. The van der Waals surface area contributed by atoms with Crippen molar-refractivity contribution in [2.45, 2.75) is 32.9 Å². The van der Waals surface area contributed by atoms with E-state index < -0.39 is 0 Å². The molecule has 6 nitrogen and oxygen atoms in total. The predicted molar refractivity (Wildman–Crippen MR) is 83.2 cm³/mol. The highest BCUT2D eigenvalue weighted by molar-refractivity contribution is 5.78. The monoisotopic (exact) mass is 284 g/mol. The standard InChI is InChI=1S/C15H20N6/c1-10(2)21-15-12(8-18-21)7-13(9-17-15)19-11(3)14-16-5-6-20(14)4/h5-11,19H,1-4H3. The summed E-state index contributed by atoms with van der Waals surface area (Å²) in [6.07, 6.45) is 7.46. The van der Waals surface area contributed by atoms with Gasteiger partial charge in [-0.25, -0.2) is 14.6 Å². The number of imidazole rings is 1. The maximum absolute atomic E-state index is 4.53. The Bertz CT molecular complexity index is 754. The predicted octanol–water partition coefficient (Wildman–Crippen LogP) is 2.92. The van der Waals surface area contributed by atoms with E-state index in [0.717, 1.165) is 22.5 Å². The van der Waals surface area contributed by atoms with Crippen LogP contribution in [-0.2, 0) is 7.05 Å². The molecule has 0 bridgehead atoms. The molecule has 1 N–H and O–H groups in total. The molecule has 3 aromatic rings. The van der Waals surface area contributed by atoms with Gasteiger partial charge in [0.1, 0.15) is 5.82 Å². The molecule has 3 aromatic heterocycles. The number of aryl methyl sites for hydroxylation is 1. The van der Waals surface area contributed by atoms with Gasteiger partial charge in [-0.1, -0.05) is 0 Å². The Morgan fingerprint density at radius 2 is 1.95 bits per heavy atom. The third-order valence-electron chi connectivity index (χ3n) is 3.55. The van der Waals surface area contributed by atoms with E-state index in [1.807, 2.05) is 41.1 Å². The van der Waals surface area contributed by atoms with E-state index in [-0.39, 0.29) is 6.04 Å². The van der Waals surface area contributed by atoms with Gasteiger partial charge in [0.05, 0.1) is 24.1 Å². The van der Waals surface area contributed by atoms with Gasteiger partial charge in [0.2, 0.25) is 0 Å². The third-order valence-corrected chi connectivity index (χ3v) is 3.55. The third kappa shape index (κ3) is 2.49. The van der Waals surface area contributed by atoms with E-state index in [0.29, 0.717) is 6.04 Å². The van der Waals surface area contributed by atoms with Crippen molar-refractivity contribution in [2.24, 2.45) is 7.05 Å². The quantitative estimate of drug-likeness (QED) is 0.800. The largest absolute Gasteiger partial charge is 0.374 e. The van der Waals surface area contributed by atoms with Crippen LogP contribution in [-0.4, -0.2) is 24.3 Å². The zero-order chi connectivity index (χ0) is 15.0. The minimum atomic E-state index is 0.115. The van der Waals surface area contributed by atoms with Crippen molar-refractivity contribution in [3.63, 3.8) is 0 Å². The van der Waals surface area contributed by atoms with E-state index >= 15 is 0 Å². The van der Waals surface area contributed by atoms with Gasteiger partial charge in [-0.2, -0.15) is 5.10 Å². The normalized spacial score (nSPS) is 13.0. The summed E-state index contributed by atoms with van der Waals surface area (Å²) in [4.78, 5) is 8.90. The van der Waals surface area contributed by atoms with Crippen LogP contribution in [0.3, 0.4) is 0 Å². The number of hydrogen-bond donors (Lipinski definition) is 1. The molecule has 0 radical (unpaired) electrons. The first kappa shape index (κ1) is 13.6. The van der Waals surface area contributed by atoms with E-state index in [1.54, 1.807) is 0 Å². The second-order valence-corrected chi connectivity index (χ2v) is 5.58. The molecule has 110 valence electrons. The van der Waals surface area contributed by atoms with Crippen molar-refractivity contribution in [1.29, 1.82) is 0 Å². The Morgan fingerprint density at radius 3 is 2.62 bits per heavy atom. The molecular weight excluding hydrogens is 264 g/mol. The van der Waals surface area contributed by atoms with E-state index in [1.165, 1.54) is 0 Å². The van der Waals surface area contributed by atoms with Crippen molar-refractivity contribution >= 4 is 16.7 Å². The molecular formula is C15H20N6. The second-order valence-electron chi connectivity index (χ2n) is 5.58. The highest BCUT2D eigenvalue weighted by Gasteiger charge is 2.12. The summed E-state index contributed by atoms with van der Waals surface area (Å²) in [6, 6.07) is 2.50. The Morgan fingerprint density at radius 1 is 1.14 bits per heavy atom. The molecule has 0 amide bonds. The Kier molecular flexibility index (Phi) is 3.37. The second kappa shape index (κ2) is 5.20. The van der Waals surface area contributed by atoms with Gasteiger partial charge in [-0.15, -0.1) is 0 Å². The number of anilines is 1. The lowest BCUT2D eigenvalue weighted by atomic mass is 10.2. The van der Waals surface area contributed by atoms with Crippen molar-refractivity contribution < 1.29 is 0 Å². The first-order valence-corrected chi connectivity index (χ1v) is 7.13. The van der Waals surface area contributed by atoms with E-state index in [2.05, 4.69) is 47.2 Å². The number of fused-ring (bicyclic) bond motifs is 1. The van der Waals surface area contributed by atoms with Crippen LogP contribution in [0.4, 0.5) is 5.69 Å². The Balaban J connectivity index is 1.87. The average molecular weight is 284 g/mol. The minimum Gasteiger partial charge on any atom is -0.374 e. The SMILES string of the molecule is CC(Nc1cnc2c(cnn2C(C)C)c1)c1nccn1C. The maximum Gasteiger partial charge on any atom is 0.158 e. The van der Waals surface area contributed by atoms with Gasteiger partial charge in [0.25, 0.3) is 0 Å². The summed E-state index contributed by atoms with van der Waals surface area (Å²) < 4.78 is 3.95. The fourth-order valence-electron chi connectivity index (χ4n) is 2.51. The first-order valence-electron chi connectivity index (χ1n) is 7.13. The molecule has 1 unspecified atom stereocenters. The molecule has 3 heterocycles. The summed E-state index contributed by atoms with van der Waals surface area (Å²) in [6.45, 7) is 6.29. The lowest BCUT2D eigenvalue weighted by molar-refractivity contribution is 0.546. The summed E-state index contributed by atoms with van der Waals surface area (Å²) in [5.41, 5.74) is 1.89. The highest BCUT2D eigenvalue weighted by atomic mass is 15.3. The molecule has 0 spiro atoms. The molecule has 0 aliphatic rings. The fourth-order valence-corrected chi connectivity index (χ4v) is 2.51. The van der Waals surface area contributed by atoms with Crippen LogP contribution in [0.25, 0.3) is 11.0 Å². The summed E-state index contributed by atoms with van der Waals surface area (Å²) in [5, 5.41) is 8.86. The zero-order valence-corrected chi connectivity index (χ0v) is 12.8. The number of aromatic nitrogens is 5. The van der Waals surface area contributed by atoms with Gasteiger partial charge in [-0.05, 0) is 26.8 Å². The fraction of sp³-hybridized carbons (Fsp3) is 0.400. The van der Waals surface area contributed by atoms with Crippen LogP contribution in [0.2, 0.25) is 0 Å². The Labute approximate surface area is 123 Å². The minimum absolute atomic E-state index is 0.115. The number of nitrogens with one attached hydrogen (secondary N) is 1. The van der Waals surface area contributed by atoms with Gasteiger partial charge in [0.15, 0.2) is 5.65 Å². The molecule has 0 saturated heterocycles. The van der Waals surface area contributed by atoms with E-state index in [4.69, 9.17) is 0 Å². The Hall–Kier alpha value is -2.37. The van der Waals surface area contributed by atoms with E-state index in [9.17, 15) is 0 Å². The number of pyridine rings is 1. The molecule has 21 heavy (non-hydrogen) atoms. The number of rotatable bonds is 4. The van der Waals surface area contributed by atoms with Crippen molar-refractivity contribution in [3.8, 4) is 0 Å². The lowest BCUT2D eigenvalue weighted by Gasteiger charge is -2.15. The lowest BCUT2D eigenvalue weighted by Crippen LogP contribution is -2.12. The topological polar surface area (TPSA) is 60.6 Å². The highest BCUT2D eigenvalue weighted by Crippen LogP contribution is 2.22. The van der Waals surface area contributed by atoms with Gasteiger partial charge >= 0.3 is 0 Å². The van der Waals surface area contributed by atoms with Crippen LogP contribution in [0, 0.1) is 0 Å². The van der Waals surface area contributed by atoms with Crippen molar-refractivity contribution in [2.75, 3.05) is 5.32 Å². The van der Waals surface area contributed by atoms with Gasteiger partial charge in [0, 0.05) is 30.9 Å². The summed E-state index contributed by atoms with van der Waals surface area (Å²) >= 11 is 0. The number of hydrogen-bond acceptors (Lipinski definition) is 4. The molecule has 1 atom stereocenters. The maximum atomic E-state index is 4.53. The van der Waals surface area contributed by atoms with Gasteiger partial charge in [-0.3, -0.25) is 0 Å². The van der Waals surface area contributed by atoms with Crippen molar-refractivity contribution in [3.05, 3.63) is 36.7 Å². The van der Waals surface area contributed by atoms with Crippen LogP contribution in [0.5, 0.6) is 0 Å². The summed E-state index contributed by atoms with van der Waals surface area (Å²) in [5.74, 6) is 0.993. The van der Waals surface area contributed by atoms with Crippen LogP contribution in [0.1, 0.15) is 38.7 Å². The molecule has 0 saturated carbocycles. The zero-order valence-electron chi connectivity index (χ0n) is 12.8. The van der Waals surface area contributed by atoms with Crippen LogP contribution >= 0.6 is 0 Å². The average Bonchev–Trinajstić information content (AvgIpc) is 3.04. The van der Waals surface area contributed by atoms with Crippen molar-refractivity contribution in [1.82, 2.24) is 24.3 Å². The number of nitrogens with zero attached hydrogens (tertiary/aromatic N) is 5. The molecule has 0 aliphatic heterocycles. The molecule has 0 aromatic carbocycles.